The number of carbonyl (C=O) groups excluding carboxylic acids is 1. The molecule has 0 aliphatic heterocycles. The smallest absolute Gasteiger partial charge is 0.417 e. The van der Waals surface area contributed by atoms with Crippen LogP contribution in [0.3, 0.4) is 0 Å². The zero-order chi connectivity index (χ0) is 13.3. The van der Waals surface area contributed by atoms with E-state index in [0.29, 0.717) is 16.8 Å². The van der Waals surface area contributed by atoms with Gasteiger partial charge in [-0.05, 0) is 18.2 Å². The second-order valence-electron chi connectivity index (χ2n) is 3.72. The number of benzene rings is 1. The molecule has 0 spiro atoms. The van der Waals surface area contributed by atoms with Crippen LogP contribution in [-0.2, 0) is 9.59 Å². The molecule has 0 atom stereocenters. The van der Waals surface area contributed by atoms with Gasteiger partial charge in [0.25, 0.3) is 0 Å². The number of carbonyl (C=O) groups is 2. The molecule has 1 heterocycles. The van der Waals surface area contributed by atoms with Gasteiger partial charge in [-0.3, -0.25) is 14.6 Å². The molecule has 0 aliphatic carbocycles. The highest BCUT2D eigenvalue weighted by Crippen LogP contribution is 2.19. The summed E-state index contributed by atoms with van der Waals surface area (Å²) < 4.78 is 4.82. The van der Waals surface area contributed by atoms with Gasteiger partial charge in [0, 0.05) is 12.7 Å². The van der Waals surface area contributed by atoms with E-state index < -0.39 is 24.1 Å². The van der Waals surface area contributed by atoms with Crippen LogP contribution in [-0.4, -0.2) is 29.0 Å². The minimum Gasteiger partial charge on any atom is -0.481 e. The van der Waals surface area contributed by atoms with Crippen molar-refractivity contribution in [2.45, 2.75) is 6.42 Å². The number of hydrogen-bond donors (Lipinski definition) is 2. The Labute approximate surface area is 101 Å². The van der Waals surface area contributed by atoms with E-state index in [4.69, 9.17) is 9.52 Å². The number of oxazole rings is 1. The van der Waals surface area contributed by atoms with Crippen LogP contribution < -0.4 is 10.7 Å². The Morgan fingerprint density at radius 3 is 2.83 bits per heavy atom. The number of aliphatic carboxylic acids is 1. The number of anilines is 1. The predicted molar refractivity (Wildman–Crippen MR) is 62.5 cm³/mol. The van der Waals surface area contributed by atoms with Crippen LogP contribution in [0.2, 0.25) is 0 Å². The first kappa shape index (κ1) is 11.9. The summed E-state index contributed by atoms with van der Waals surface area (Å²) in [6.07, 6.45) is -0.587. The van der Waals surface area contributed by atoms with Crippen molar-refractivity contribution in [1.82, 2.24) is 4.98 Å². The van der Waals surface area contributed by atoms with Gasteiger partial charge in [-0.15, -0.1) is 0 Å². The van der Waals surface area contributed by atoms with Crippen molar-refractivity contribution in [3.63, 3.8) is 0 Å². The number of nitrogens with zero attached hydrogens (tertiary/aromatic N) is 1. The molecule has 1 aromatic carbocycles. The number of aromatic amines is 1. The van der Waals surface area contributed by atoms with E-state index in [-0.39, 0.29) is 0 Å². The minimum atomic E-state index is -1.19. The molecule has 7 nitrogen and oxygen atoms in total. The molecule has 0 aliphatic rings. The molecule has 0 fully saturated rings. The van der Waals surface area contributed by atoms with E-state index in [0.717, 1.165) is 0 Å². The Bertz CT molecular complexity index is 669. The molecule has 18 heavy (non-hydrogen) atoms. The maximum Gasteiger partial charge on any atom is 0.417 e. The molecule has 94 valence electrons. The van der Waals surface area contributed by atoms with Crippen molar-refractivity contribution in [2.75, 3.05) is 11.9 Å². The number of H-pyrrole nitrogens is 1. The molecule has 0 saturated heterocycles. The molecule has 1 aromatic heterocycles. The normalized spacial score (nSPS) is 10.5. The molecule has 0 bridgehead atoms. The van der Waals surface area contributed by atoms with Gasteiger partial charge in [0.15, 0.2) is 5.58 Å². The van der Waals surface area contributed by atoms with Crippen molar-refractivity contribution in [1.29, 1.82) is 0 Å². The van der Waals surface area contributed by atoms with E-state index >= 15 is 0 Å². The summed E-state index contributed by atoms with van der Waals surface area (Å²) in [5.74, 6) is -2.32. The number of amides is 1. The molecule has 1 amide bonds. The summed E-state index contributed by atoms with van der Waals surface area (Å²) in [4.78, 5) is 36.6. The van der Waals surface area contributed by atoms with Gasteiger partial charge in [-0.1, -0.05) is 0 Å². The molecule has 2 aromatic rings. The molecule has 7 heteroatoms. The Morgan fingerprint density at radius 2 is 2.17 bits per heavy atom. The van der Waals surface area contributed by atoms with Crippen LogP contribution in [0.15, 0.2) is 27.4 Å². The average Bonchev–Trinajstić information content (AvgIpc) is 2.65. The summed E-state index contributed by atoms with van der Waals surface area (Å²) in [5.41, 5.74) is 1.31. The largest absolute Gasteiger partial charge is 0.481 e. The standard InChI is InChI=1S/C11H10N2O5/c1-13(9(14)5-10(15)16)6-2-3-8-7(4-6)12-11(17)18-8/h2-4H,5H2,1H3,(H,12,17)(H,15,16). The Morgan fingerprint density at radius 1 is 1.44 bits per heavy atom. The summed E-state index contributed by atoms with van der Waals surface area (Å²) in [5, 5.41) is 8.54. The van der Waals surface area contributed by atoms with Crippen LogP contribution in [0.1, 0.15) is 6.42 Å². The van der Waals surface area contributed by atoms with Gasteiger partial charge in [-0.2, -0.15) is 0 Å². The van der Waals surface area contributed by atoms with Crippen molar-refractivity contribution in [3.8, 4) is 0 Å². The van der Waals surface area contributed by atoms with Crippen molar-refractivity contribution in [3.05, 3.63) is 28.7 Å². The first-order valence-corrected chi connectivity index (χ1v) is 5.08. The van der Waals surface area contributed by atoms with E-state index in [2.05, 4.69) is 4.98 Å². The highest BCUT2D eigenvalue weighted by Gasteiger charge is 2.15. The second-order valence-corrected chi connectivity index (χ2v) is 3.72. The van der Waals surface area contributed by atoms with Crippen molar-refractivity contribution < 1.29 is 19.1 Å². The quantitative estimate of drug-likeness (QED) is 0.774. The fourth-order valence-electron chi connectivity index (χ4n) is 1.54. The second kappa shape index (κ2) is 4.36. The third-order valence-corrected chi connectivity index (χ3v) is 2.47. The van der Waals surface area contributed by atoms with Crippen molar-refractivity contribution in [2.24, 2.45) is 0 Å². The maximum absolute atomic E-state index is 11.5. The van der Waals surface area contributed by atoms with Crippen molar-refractivity contribution >= 4 is 28.7 Å². The number of carboxylic acids is 1. The van der Waals surface area contributed by atoms with Gasteiger partial charge in [0.1, 0.15) is 6.42 Å². The summed E-state index contributed by atoms with van der Waals surface area (Å²) in [6.45, 7) is 0. The average molecular weight is 250 g/mol. The number of fused-ring (bicyclic) bond motifs is 1. The summed E-state index contributed by atoms with van der Waals surface area (Å²) >= 11 is 0. The number of rotatable bonds is 3. The zero-order valence-electron chi connectivity index (χ0n) is 9.47. The topological polar surface area (TPSA) is 104 Å². The summed E-state index contributed by atoms with van der Waals surface area (Å²) in [7, 11) is 1.46. The number of nitrogens with one attached hydrogen (secondary N) is 1. The fraction of sp³-hybridized carbons (Fsp3) is 0.182. The van der Waals surface area contributed by atoms with E-state index in [9.17, 15) is 14.4 Å². The maximum atomic E-state index is 11.5. The van der Waals surface area contributed by atoms with Crippen LogP contribution in [0.5, 0.6) is 0 Å². The fourth-order valence-corrected chi connectivity index (χ4v) is 1.54. The Balaban J connectivity index is 2.32. The van der Waals surface area contributed by atoms with Crippen LogP contribution in [0.4, 0.5) is 5.69 Å². The molecule has 2 rings (SSSR count). The van der Waals surface area contributed by atoms with Gasteiger partial charge < -0.3 is 14.4 Å². The highest BCUT2D eigenvalue weighted by molar-refractivity contribution is 6.03. The Kier molecular flexibility index (Phi) is 2.88. The lowest BCUT2D eigenvalue weighted by atomic mass is 10.2. The highest BCUT2D eigenvalue weighted by atomic mass is 16.4. The summed E-state index contributed by atoms with van der Waals surface area (Å²) in [6, 6.07) is 4.64. The number of aromatic nitrogens is 1. The molecule has 0 radical (unpaired) electrons. The Hall–Kier alpha value is -2.57. The van der Waals surface area contributed by atoms with Gasteiger partial charge in [0.05, 0.1) is 5.52 Å². The van der Waals surface area contributed by atoms with E-state index in [1.165, 1.54) is 18.0 Å². The predicted octanol–water partition coefficient (Wildman–Crippen LogP) is 0.559. The van der Waals surface area contributed by atoms with E-state index in [1.54, 1.807) is 12.1 Å². The number of carboxylic acid groups (broad SMARTS) is 1. The molecule has 0 unspecified atom stereocenters. The first-order chi connectivity index (χ1) is 8.47. The van der Waals surface area contributed by atoms with Crippen LogP contribution >= 0.6 is 0 Å². The lowest BCUT2D eigenvalue weighted by Gasteiger charge is -2.15. The monoisotopic (exact) mass is 250 g/mol. The lowest BCUT2D eigenvalue weighted by Crippen LogP contribution is -2.28. The first-order valence-electron chi connectivity index (χ1n) is 5.08. The van der Waals surface area contributed by atoms with Gasteiger partial charge >= 0.3 is 11.7 Å². The van der Waals surface area contributed by atoms with E-state index in [1.807, 2.05) is 0 Å². The number of hydrogen-bond acceptors (Lipinski definition) is 4. The molecular weight excluding hydrogens is 240 g/mol. The SMILES string of the molecule is CN(C(=O)CC(=O)O)c1ccc2oc(=O)[nH]c2c1. The van der Waals surface area contributed by atoms with Crippen LogP contribution in [0, 0.1) is 0 Å². The van der Waals surface area contributed by atoms with Gasteiger partial charge in [-0.25, -0.2) is 4.79 Å². The third kappa shape index (κ3) is 2.24. The van der Waals surface area contributed by atoms with Crippen LogP contribution in [0.25, 0.3) is 11.1 Å². The molecular formula is C11H10N2O5. The molecule has 0 saturated carbocycles. The zero-order valence-corrected chi connectivity index (χ0v) is 9.47. The minimum absolute atomic E-state index is 0.378. The van der Waals surface area contributed by atoms with Gasteiger partial charge in [0.2, 0.25) is 5.91 Å². The lowest BCUT2D eigenvalue weighted by molar-refractivity contribution is -0.140. The molecule has 2 N–H and O–H groups in total. The third-order valence-electron chi connectivity index (χ3n) is 2.47.